The largest absolute Gasteiger partial charge is 0.462 e. The molecule has 1 aliphatic heterocycles. The van der Waals surface area contributed by atoms with Crippen molar-refractivity contribution >= 4 is 11.5 Å². The molecule has 0 spiro atoms. The third-order valence-electron chi connectivity index (χ3n) is 5.31. The van der Waals surface area contributed by atoms with Crippen LogP contribution in [0.4, 0.5) is 11.5 Å². The van der Waals surface area contributed by atoms with Crippen LogP contribution in [-0.4, -0.2) is 35.1 Å². The zero-order valence-corrected chi connectivity index (χ0v) is 17.0. The predicted octanol–water partition coefficient (Wildman–Crippen LogP) is 4.21. The van der Waals surface area contributed by atoms with Crippen molar-refractivity contribution in [3.8, 4) is 6.07 Å². The first kappa shape index (κ1) is 20.1. The summed E-state index contributed by atoms with van der Waals surface area (Å²) in [5.74, 6) is 3.10. The maximum Gasteiger partial charge on any atom is 0.140 e. The number of piperidine rings is 1. The molecule has 0 bridgehead atoms. The average Bonchev–Trinajstić information content (AvgIpc) is 3.22. The lowest BCUT2D eigenvalue weighted by Gasteiger charge is -2.31. The Balaban J connectivity index is 1.32. The minimum absolute atomic E-state index is 0.401. The van der Waals surface area contributed by atoms with E-state index in [0.717, 1.165) is 61.2 Å². The van der Waals surface area contributed by atoms with Crippen LogP contribution in [0.5, 0.6) is 0 Å². The third-order valence-corrected chi connectivity index (χ3v) is 5.31. The van der Waals surface area contributed by atoms with Gasteiger partial charge in [0.05, 0.1) is 18.4 Å². The highest BCUT2D eigenvalue weighted by Gasteiger charge is 2.22. The number of likely N-dealkylation sites (tertiary alicyclic amines) is 1. The molecule has 4 rings (SSSR count). The molecule has 7 heteroatoms. The number of aromatic nitrogens is 2. The van der Waals surface area contributed by atoms with E-state index < -0.39 is 0 Å². The summed E-state index contributed by atoms with van der Waals surface area (Å²) in [7, 11) is 1.67. The van der Waals surface area contributed by atoms with E-state index in [-0.39, 0.29) is 0 Å². The smallest absolute Gasteiger partial charge is 0.140 e. The Labute approximate surface area is 176 Å². The van der Waals surface area contributed by atoms with Crippen molar-refractivity contribution in [2.45, 2.75) is 31.9 Å². The number of nitrogens with zero attached hydrogens (tertiary/aromatic N) is 4. The van der Waals surface area contributed by atoms with Gasteiger partial charge in [0.2, 0.25) is 0 Å². The van der Waals surface area contributed by atoms with Gasteiger partial charge < -0.3 is 14.5 Å². The van der Waals surface area contributed by atoms with E-state index in [4.69, 9.17) is 19.4 Å². The summed E-state index contributed by atoms with van der Waals surface area (Å²) in [6.07, 6.45) is 3.79. The molecule has 0 aromatic carbocycles. The van der Waals surface area contributed by atoms with Crippen LogP contribution in [0.2, 0.25) is 0 Å². The highest BCUT2D eigenvalue weighted by Crippen LogP contribution is 2.29. The number of rotatable bonds is 7. The van der Waals surface area contributed by atoms with Crippen molar-refractivity contribution in [2.24, 2.45) is 0 Å². The summed E-state index contributed by atoms with van der Waals surface area (Å²) in [5, 5.41) is 12.1. The monoisotopic (exact) mass is 403 g/mol. The van der Waals surface area contributed by atoms with E-state index in [2.05, 4.69) is 21.3 Å². The molecule has 0 saturated carbocycles. The number of methoxy groups -OCH3 is 1. The first-order valence-electron chi connectivity index (χ1n) is 10.1. The molecule has 7 nitrogen and oxygen atoms in total. The third kappa shape index (κ3) is 5.03. The van der Waals surface area contributed by atoms with E-state index in [0.29, 0.717) is 18.2 Å². The van der Waals surface area contributed by atoms with Crippen molar-refractivity contribution in [2.75, 3.05) is 25.5 Å². The minimum Gasteiger partial charge on any atom is -0.462 e. The molecular weight excluding hydrogens is 378 g/mol. The lowest BCUT2D eigenvalue weighted by atomic mass is 9.93. The van der Waals surface area contributed by atoms with Crippen LogP contribution in [0.25, 0.3) is 0 Å². The molecular formula is C23H25N5O2. The minimum atomic E-state index is 0.401. The molecule has 3 aromatic rings. The molecule has 1 N–H and O–H groups in total. The molecule has 4 heterocycles. The fourth-order valence-corrected chi connectivity index (χ4v) is 3.76. The van der Waals surface area contributed by atoms with Gasteiger partial charge in [-0.1, -0.05) is 6.07 Å². The lowest BCUT2D eigenvalue weighted by molar-refractivity contribution is 0.154. The maximum atomic E-state index is 8.86. The summed E-state index contributed by atoms with van der Waals surface area (Å²) in [6, 6.07) is 15.7. The second kappa shape index (κ2) is 9.53. The van der Waals surface area contributed by atoms with Gasteiger partial charge >= 0.3 is 0 Å². The SMILES string of the molecule is COCc1ccc(CN2CCC(c3cccc(Nc4ccc(C#N)nc4)n3)CC2)o1. The van der Waals surface area contributed by atoms with Crippen molar-refractivity contribution in [3.63, 3.8) is 0 Å². The number of pyridine rings is 2. The molecule has 0 amide bonds. The second-order valence-corrected chi connectivity index (χ2v) is 7.47. The molecule has 30 heavy (non-hydrogen) atoms. The summed E-state index contributed by atoms with van der Waals surface area (Å²) in [5.41, 5.74) is 2.33. The van der Waals surface area contributed by atoms with Crippen LogP contribution in [0, 0.1) is 11.3 Å². The predicted molar refractivity (Wildman–Crippen MR) is 113 cm³/mol. The summed E-state index contributed by atoms with van der Waals surface area (Å²) in [6.45, 7) is 3.38. The Morgan fingerprint density at radius 2 is 2.00 bits per heavy atom. The summed E-state index contributed by atoms with van der Waals surface area (Å²) in [4.78, 5) is 11.3. The number of hydrogen-bond donors (Lipinski definition) is 1. The zero-order chi connectivity index (χ0) is 20.8. The van der Waals surface area contributed by atoms with E-state index in [1.807, 2.05) is 36.4 Å². The number of ether oxygens (including phenoxy) is 1. The molecule has 1 saturated heterocycles. The Morgan fingerprint density at radius 1 is 1.17 bits per heavy atom. The van der Waals surface area contributed by atoms with Gasteiger partial charge in [0.1, 0.15) is 35.7 Å². The quantitative estimate of drug-likeness (QED) is 0.632. The van der Waals surface area contributed by atoms with Gasteiger partial charge in [-0.15, -0.1) is 0 Å². The van der Waals surface area contributed by atoms with Crippen LogP contribution in [0.3, 0.4) is 0 Å². The van der Waals surface area contributed by atoms with Crippen LogP contribution in [-0.2, 0) is 17.9 Å². The zero-order valence-electron chi connectivity index (χ0n) is 17.0. The summed E-state index contributed by atoms with van der Waals surface area (Å²) >= 11 is 0. The van der Waals surface area contributed by atoms with Crippen LogP contribution in [0.1, 0.15) is 41.7 Å². The maximum absolute atomic E-state index is 8.86. The van der Waals surface area contributed by atoms with Crippen LogP contribution in [0.15, 0.2) is 53.1 Å². The molecule has 0 atom stereocenters. The molecule has 154 valence electrons. The highest BCUT2D eigenvalue weighted by atomic mass is 16.5. The van der Waals surface area contributed by atoms with Crippen LogP contribution < -0.4 is 5.32 Å². The van der Waals surface area contributed by atoms with E-state index in [1.54, 1.807) is 19.4 Å². The van der Waals surface area contributed by atoms with Gasteiger partial charge in [-0.25, -0.2) is 9.97 Å². The van der Waals surface area contributed by atoms with Crippen LogP contribution >= 0.6 is 0 Å². The fraction of sp³-hybridized carbons (Fsp3) is 0.348. The van der Waals surface area contributed by atoms with Gasteiger partial charge in [-0.2, -0.15) is 5.26 Å². The van der Waals surface area contributed by atoms with Gasteiger partial charge in [0.25, 0.3) is 0 Å². The number of furan rings is 1. The molecule has 0 unspecified atom stereocenters. The van der Waals surface area contributed by atoms with Crippen molar-refractivity contribution in [1.29, 1.82) is 5.26 Å². The van der Waals surface area contributed by atoms with Gasteiger partial charge in [0.15, 0.2) is 0 Å². The second-order valence-electron chi connectivity index (χ2n) is 7.47. The first-order chi connectivity index (χ1) is 14.7. The van der Waals surface area contributed by atoms with E-state index in [1.165, 1.54) is 0 Å². The molecule has 1 fully saturated rings. The first-order valence-corrected chi connectivity index (χ1v) is 10.1. The number of hydrogen-bond acceptors (Lipinski definition) is 7. The van der Waals surface area contributed by atoms with Crippen molar-refractivity contribution < 1.29 is 9.15 Å². The average molecular weight is 403 g/mol. The number of anilines is 2. The standard InChI is InChI=1S/C23H25N5O2/c1-29-16-21-8-7-20(30-21)15-28-11-9-17(10-12-28)22-3-2-4-23(27-22)26-19-6-5-18(13-24)25-14-19/h2-8,14,17H,9-12,15-16H2,1H3,(H,26,27). The topological polar surface area (TPSA) is 87.2 Å². The Morgan fingerprint density at radius 3 is 2.73 bits per heavy atom. The van der Waals surface area contributed by atoms with Gasteiger partial charge in [-0.3, -0.25) is 4.90 Å². The molecule has 3 aromatic heterocycles. The number of nitriles is 1. The number of nitrogens with one attached hydrogen (secondary N) is 1. The molecule has 1 aliphatic rings. The van der Waals surface area contributed by atoms with Crippen molar-refractivity contribution in [3.05, 3.63) is 71.6 Å². The Bertz CT molecular complexity index is 1000. The van der Waals surface area contributed by atoms with Gasteiger partial charge in [-0.05, 0) is 62.3 Å². The normalized spacial score (nSPS) is 15.1. The molecule has 0 radical (unpaired) electrons. The fourth-order valence-electron chi connectivity index (χ4n) is 3.76. The highest BCUT2D eigenvalue weighted by molar-refractivity contribution is 5.55. The Kier molecular flexibility index (Phi) is 6.38. The summed E-state index contributed by atoms with van der Waals surface area (Å²) < 4.78 is 10.9. The molecule has 0 aliphatic carbocycles. The lowest BCUT2D eigenvalue weighted by Crippen LogP contribution is -2.32. The van der Waals surface area contributed by atoms with E-state index >= 15 is 0 Å². The Hall–Kier alpha value is -3.21. The van der Waals surface area contributed by atoms with Crippen molar-refractivity contribution in [1.82, 2.24) is 14.9 Å². The van der Waals surface area contributed by atoms with Gasteiger partial charge in [0, 0.05) is 18.7 Å². The van der Waals surface area contributed by atoms with E-state index in [9.17, 15) is 0 Å².